The lowest BCUT2D eigenvalue weighted by atomic mass is 10.2. The van der Waals surface area contributed by atoms with Crippen molar-refractivity contribution < 1.29 is 17.9 Å². The van der Waals surface area contributed by atoms with Crippen molar-refractivity contribution in [2.24, 2.45) is 0 Å². The van der Waals surface area contributed by atoms with Gasteiger partial charge in [-0.2, -0.15) is 4.98 Å². The van der Waals surface area contributed by atoms with E-state index in [1.807, 2.05) is 13.1 Å². The molecule has 0 atom stereocenters. The maximum atomic E-state index is 12.3. The number of para-hydroxylation sites is 2. The largest absolute Gasteiger partial charge is 0.494 e. The molecule has 12 nitrogen and oxygen atoms in total. The predicted molar refractivity (Wildman–Crippen MR) is 169 cm³/mol. The lowest BCUT2D eigenvalue weighted by Gasteiger charge is -2.26. The average molecular weight is 615 g/mol. The molecule has 1 fully saturated rings. The molecule has 4 rings (SSSR count). The number of likely N-dealkylation sites (tertiary alicyclic amines) is 1. The molecule has 1 aromatic heterocycles. The van der Waals surface area contributed by atoms with Crippen LogP contribution in [0.15, 0.2) is 55.3 Å². The number of methoxy groups -OCH3 is 1. The second-order valence-electron chi connectivity index (χ2n) is 9.79. The summed E-state index contributed by atoms with van der Waals surface area (Å²) >= 11 is 6.38. The first-order chi connectivity index (χ1) is 20.1. The van der Waals surface area contributed by atoms with E-state index in [4.69, 9.17) is 16.3 Å². The Morgan fingerprint density at radius 3 is 2.52 bits per heavy atom. The Bertz CT molecular complexity index is 1550. The number of carbonyl (C=O) groups excluding carboxylic acids is 1. The molecule has 0 radical (unpaired) electrons. The van der Waals surface area contributed by atoms with Crippen LogP contribution in [-0.2, 0) is 14.8 Å². The van der Waals surface area contributed by atoms with E-state index < -0.39 is 10.0 Å². The molecule has 0 spiro atoms. The molecular weight excluding hydrogens is 580 g/mol. The molecule has 3 aromatic rings. The average Bonchev–Trinajstić information content (AvgIpc) is 3.47. The van der Waals surface area contributed by atoms with Crippen LogP contribution in [0.4, 0.5) is 40.2 Å². The van der Waals surface area contributed by atoms with Crippen LogP contribution in [0, 0.1) is 0 Å². The summed E-state index contributed by atoms with van der Waals surface area (Å²) in [5.74, 6) is 0.584. The number of ether oxygens (including phenoxy) is 1. The van der Waals surface area contributed by atoms with Crippen molar-refractivity contribution in [2.45, 2.75) is 12.8 Å². The van der Waals surface area contributed by atoms with Crippen molar-refractivity contribution in [2.75, 3.05) is 72.2 Å². The van der Waals surface area contributed by atoms with Crippen LogP contribution < -0.4 is 30.3 Å². The zero-order valence-electron chi connectivity index (χ0n) is 23.8. The van der Waals surface area contributed by atoms with E-state index >= 15 is 0 Å². The first-order valence-corrected chi connectivity index (χ1v) is 15.6. The van der Waals surface area contributed by atoms with Crippen molar-refractivity contribution in [1.82, 2.24) is 14.9 Å². The number of benzene rings is 2. The van der Waals surface area contributed by atoms with Gasteiger partial charge in [0.1, 0.15) is 10.8 Å². The maximum absolute atomic E-state index is 12.3. The minimum absolute atomic E-state index is 0.185. The van der Waals surface area contributed by atoms with Crippen LogP contribution >= 0.6 is 11.6 Å². The fourth-order valence-electron chi connectivity index (χ4n) is 4.50. The molecule has 2 heterocycles. The first kappa shape index (κ1) is 30.9. The highest BCUT2D eigenvalue weighted by Gasteiger charge is 2.19. The van der Waals surface area contributed by atoms with Gasteiger partial charge in [-0.1, -0.05) is 30.3 Å². The second-order valence-corrected chi connectivity index (χ2v) is 11.9. The van der Waals surface area contributed by atoms with Crippen LogP contribution in [0.5, 0.6) is 5.75 Å². The molecule has 42 heavy (non-hydrogen) atoms. The minimum Gasteiger partial charge on any atom is -0.494 e. The van der Waals surface area contributed by atoms with Crippen LogP contribution in [-0.4, -0.2) is 75.8 Å². The molecular formula is C28H35ClN8O4S. The highest BCUT2D eigenvalue weighted by molar-refractivity contribution is 7.92. The molecule has 0 unspecified atom stereocenters. The predicted octanol–water partition coefficient (Wildman–Crippen LogP) is 4.65. The molecule has 224 valence electrons. The molecule has 0 bridgehead atoms. The third-order valence-corrected chi connectivity index (χ3v) is 7.46. The van der Waals surface area contributed by atoms with Gasteiger partial charge in [-0.3, -0.25) is 9.52 Å². The van der Waals surface area contributed by atoms with Gasteiger partial charge in [-0.05, 0) is 50.2 Å². The number of likely N-dealkylation sites (N-methyl/N-ethyl adjacent to an activating group) is 1. The van der Waals surface area contributed by atoms with Gasteiger partial charge in [-0.15, -0.1) is 0 Å². The number of nitrogens with zero attached hydrogens (tertiary/aromatic N) is 4. The number of hydrogen-bond donors (Lipinski definition) is 4. The Hall–Kier alpha value is -4.07. The van der Waals surface area contributed by atoms with E-state index in [2.05, 4.69) is 47.0 Å². The summed E-state index contributed by atoms with van der Waals surface area (Å²) in [7, 11) is 0.00868. The number of sulfonamides is 1. The Morgan fingerprint density at radius 2 is 1.86 bits per heavy atom. The Balaban J connectivity index is 1.62. The molecule has 1 amide bonds. The summed E-state index contributed by atoms with van der Waals surface area (Å²) in [5.41, 5.74) is 2.61. The topological polar surface area (TPSA) is 141 Å². The molecule has 0 saturated carbocycles. The number of anilines is 7. The number of carbonyl (C=O) groups is 1. The van der Waals surface area contributed by atoms with E-state index in [0.29, 0.717) is 28.5 Å². The fraction of sp³-hybridized carbons (Fsp3) is 0.321. The molecule has 4 N–H and O–H groups in total. The third kappa shape index (κ3) is 8.24. The number of amides is 1. The molecule has 2 aromatic carbocycles. The van der Waals surface area contributed by atoms with Crippen LogP contribution in [0.3, 0.4) is 0 Å². The monoisotopic (exact) mass is 614 g/mol. The van der Waals surface area contributed by atoms with E-state index in [0.717, 1.165) is 38.1 Å². The van der Waals surface area contributed by atoms with Gasteiger partial charge in [0.2, 0.25) is 21.9 Å². The summed E-state index contributed by atoms with van der Waals surface area (Å²) in [6.45, 7) is 7.43. The molecule has 1 saturated heterocycles. The Morgan fingerprint density at radius 1 is 1.14 bits per heavy atom. The summed E-state index contributed by atoms with van der Waals surface area (Å²) in [6, 6.07) is 10.3. The van der Waals surface area contributed by atoms with Crippen LogP contribution in [0.1, 0.15) is 12.8 Å². The molecule has 1 aliphatic heterocycles. The summed E-state index contributed by atoms with van der Waals surface area (Å²) in [4.78, 5) is 25.6. The van der Waals surface area contributed by atoms with E-state index in [1.54, 1.807) is 37.4 Å². The third-order valence-electron chi connectivity index (χ3n) is 6.59. The molecule has 14 heteroatoms. The highest BCUT2D eigenvalue weighted by atomic mass is 35.5. The van der Waals surface area contributed by atoms with Gasteiger partial charge in [0.15, 0.2) is 5.82 Å². The maximum Gasteiger partial charge on any atom is 0.247 e. The second kappa shape index (κ2) is 13.7. The summed E-state index contributed by atoms with van der Waals surface area (Å²) < 4.78 is 31.8. The number of nitrogens with one attached hydrogen (secondary N) is 4. The van der Waals surface area contributed by atoms with Crippen molar-refractivity contribution in [3.63, 3.8) is 0 Å². The normalized spacial score (nSPS) is 13.3. The van der Waals surface area contributed by atoms with Gasteiger partial charge in [0, 0.05) is 26.2 Å². The highest BCUT2D eigenvalue weighted by Crippen LogP contribution is 2.38. The van der Waals surface area contributed by atoms with Gasteiger partial charge in [0.25, 0.3) is 0 Å². The number of hydrogen-bond acceptors (Lipinski definition) is 10. The van der Waals surface area contributed by atoms with Crippen LogP contribution in [0.2, 0.25) is 5.02 Å². The smallest absolute Gasteiger partial charge is 0.247 e. The lowest BCUT2D eigenvalue weighted by molar-refractivity contribution is -0.111. The molecule has 1 aliphatic rings. The fourth-order valence-corrected chi connectivity index (χ4v) is 5.21. The standard InChI is InChI=1S/C28H35ClN8O4S/c1-5-26(38)31-22-16-23(25(41-3)17-24(22)36(2)14-15-37-12-8-9-13-37)33-28-30-18-19(29)27(34-28)32-20-10-6-7-11-21(20)35-42(4,39)40/h5-7,10-11,16-18,35H,1,8-9,12-15H2,2-4H3,(H,31,38)(H2,30,32,33,34). The first-order valence-electron chi connectivity index (χ1n) is 13.3. The Kier molecular flexibility index (Phi) is 10.1. The van der Waals surface area contributed by atoms with Gasteiger partial charge < -0.3 is 30.5 Å². The number of halogens is 1. The SMILES string of the molecule is C=CC(=O)Nc1cc(Nc2ncc(Cl)c(Nc3ccccc3NS(C)(=O)=O)n2)c(OC)cc1N(C)CCN1CCCC1. The van der Waals surface area contributed by atoms with Crippen molar-refractivity contribution in [3.8, 4) is 5.75 Å². The lowest BCUT2D eigenvalue weighted by Crippen LogP contribution is -2.32. The van der Waals surface area contributed by atoms with Crippen molar-refractivity contribution >= 4 is 67.7 Å². The van der Waals surface area contributed by atoms with E-state index in [1.165, 1.54) is 25.1 Å². The van der Waals surface area contributed by atoms with Crippen LogP contribution in [0.25, 0.3) is 0 Å². The number of aromatic nitrogens is 2. The Labute approximate surface area is 251 Å². The van der Waals surface area contributed by atoms with Gasteiger partial charge >= 0.3 is 0 Å². The van der Waals surface area contributed by atoms with Gasteiger partial charge in [-0.25, -0.2) is 13.4 Å². The zero-order chi connectivity index (χ0) is 30.3. The minimum atomic E-state index is -3.52. The summed E-state index contributed by atoms with van der Waals surface area (Å²) in [6.07, 6.45) is 6.12. The van der Waals surface area contributed by atoms with Crippen molar-refractivity contribution in [1.29, 1.82) is 0 Å². The van der Waals surface area contributed by atoms with Gasteiger partial charge in [0.05, 0.1) is 48.0 Å². The number of rotatable bonds is 13. The van der Waals surface area contributed by atoms with E-state index in [9.17, 15) is 13.2 Å². The zero-order valence-corrected chi connectivity index (χ0v) is 25.3. The molecule has 0 aliphatic carbocycles. The van der Waals surface area contributed by atoms with Crippen molar-refractivity contribution in [3.05, 3.63) is 60.3 Å². The van der Waals surface area contributed by atoms with E-state index in [-0.39, 0.29) is 22.7 Å². The summed E-state index contributed by atoms with van der Waals surface area (Å²) in [5, 5.41) is 9.31. The quantitative estimate of drug-likeness (QED) is 0.201.